The van der Waals surface area contributed by atoms with Crippen LogP contribution in [0.2, 0.25) is 0 Å². The molecule has 0 saturated carbocycles. The third kappa shape index (κ3) is 13.4. The summed E-state index contributed by atoms with van der Waals surface area (Å²) in [6.45, 7) is 5.40. The van der Waals surface area contributed by atoms with Crippen molar-refractivity contribution in [1.29, 1.82) is 0 Å². The van der Waals surface area contributed by atoms with E-state index in [0.29, 0.717) is 6.42 Å². The molecule has 2 aromatic rings. The molecule has 2 rings (SSSR count). The maximum atomic E-state index is 11.0. The lowest BCUT2D eigenvalue weighted by atomic mass is 10.0. The molecular formula is C32H51NO2. The minimum Gasteiger partial charge on any atom is -0.469 e. The van der Waals surface area contributed by atoms with Gasteiger partial charge in [0.05, 0.1) is 7.11 Å². The zero-order valence-electron chi connectivity index (χ0n) is 22.0. The van der Waals surface area contributed by atoms with E-state index in [2.05, 4.69) is 66.4 Å². The van der Waals surface area contributed by atoms with Gasteiger partial charge in [-0.05, 0) is 61.1 Å². The van der Waals surface area contributed by atoms with Crippen LogP contribution in [0.5, 0.6) is 0 Å². The van der Waals surface area contributed by atoms with Crippen molar-refractivity contribution in [2.45, 2.75) is 111 Å². The van der Waals surface area contributed by atoms with Crippen LogP contribution in [0.4, 0.5) is 5.69 Å². The molecule has 35 heavy (non-hydrogen) atoms. The van der Waals surface area contributed by atoms with Gasteiger partial charge in [0, 0.05) is 18.7 Å². The van der Waals surface area contributed by atoms with E-state index >= 15 is 0 Å². The summed E-state index contributed by atoms with van der Waals surface area (Å²) < 4.78 is 4.67. The molecular weight excluding hydrogens is 430 g/mol. The van der Waals surface area contributed by atoms with Gasteiger partial charge in [-0.2, -0.15) is 0 Å². The van der Waals surface area contributed by atoms with Crippen LogP contribution in [0.1, 0.15) is 108 Å². The van der Waals surface area contributed by atoms with Crippen LogP contribution in [0.25, 0.3) is 11.1 Å². The quantitative estimate of drug-likeness (QED) is 0.170. The van der Waals surface area contributed by atoms with E-state index in [1.807, 2.05) is 0 Å². The second kappa shape index (κ2) is 19.0. The van der Waals surface area contributed by atoms with Crippen LogP contribution in [-0.4, -0.2) is 19.6 Å². The molecule has 1 N–H and O–H groups in total. The fourth-order valence-electron chi connectivity index (χ4n) is 4.38. The molecule has 0 aliphatic heterocycles. The monoisotopic (exact) mass is 481 g/mol. The first-order valence-corrected chi connectivity index (χ1v) is 13.6. The van der Waals surface area contributed by atoms with Crippen molar-refractivity contribution in [3.63, 3.8) is 0 Å². The first kappa shape index (κ1) is 30.7. The van der Waals surface area contributed by atoms with Crippen LogP contribution < -0.4 is 5.32 Å². The fraction of sp³-hybridized carbons (Fsp3) is 0.594. The van der Waals surface area contributed by atoms with Gasteiger partial charge in [0.2, 0.25) is 0 Å². The van der Waals surface area contributed by atoms with Crippen molar-refractivity contribution in [3.8, 4) is 11.1 Å². The van der Waals surface area contributed by atoms with Gasteiger partial charge in [-0.1, -0.05) is 108 Å². The highest BCUT2D eigenvalue weighted by atomic mass is 16.5. The van der Waals surface area contributed by atoms with Gasteiger partial charge in [-0.25, -0.2) is 0 Å². The number of ether oxygens (including phenoxy) is 1. The average molecular weight is 482 g/mol. The van der Waals surface area contributed by atoms with E-state index in [-0.39, 0.29) is 13.4 Å². The van der Waals surface area contributed by atoms with Crippen LogP contribution >= 0.6 is 0 Å². The summed E-state index contributed by atoms with van der Waals surface area (Å²) in [6.07, 6.45) is 17.4. The normalized spacial score (nSPS) is 10.6. The van der Waals surface area contributed by atoms with Crippen molar-refractivity contribution in [2.24, 2.45) is 0 Å². The molecule has 0 aliphatic carbocycles. The molecule has 0 radical (unpaired) electrons. The van der Waals surface area contributed by atoms with Gasteiger partial charge in [0.25, 0.3) is 0 Å². The Balaban J connectivity index is 0.00000612. The van der Waals surface area contributed by atoms with E-state index in [1.165, 1.54) is 106 Å². The summed E-state index contributed by atoms with van der Waals surface area (Å²) in [6, 6.07) is 15.5. The fourth-order valence-corrected chi connectivity index (χ4v) is 4.38. The Labute approximate surface area is 216 Å². The Kier molecular flexibility index (Phi) is 16.7. The summed E-state index contributed by atoms with van der Waals surface area (Å²) in [5.41, 5.74) is 6.49. The van der Waals surface area contributed by atoms with Crippen LogP contribution in [0.3, 0.4) is 0 Å². The SMILES string of the molecule is C.COC(=O)CCCCCCCCCCCCCCCNc1ccc(-c2ccc(C)c(C)c2)cc1. The van der Waals surface area contributed by atoms with Crippen LogP contribution in [-0.2, 0) is 9.53 Å². The maximum absolute atomic E-state index is 11.0. The van der Waals surface area contributed by atoms with E-state index in [0.717, 1.165) is 19.4 Å². The number of benzene rings is 2. The van der Waals surface area contributed by atoms with E-state index in [9.17, 15) is 4.79 Å². The summed E-state index contributed by atoms with van der Waals surface area (Å²) in [5, 5.41) is 3.57. The number of methoxy groups -OCH3 is 1. The topological polar surface area (TPSA) is 38.3 Å². The van der Waals surface area contributed by atoms with E-state index in [1.54, 1.807) is 0 Å². The average Bonchev–Trinajstić information content (AvgIpc) is 2.85. The molecule has 3 nitrogen and oxygen atoms in total. The number of rotatable bonds is 18. The third-order valence-corrected chi connectivity index (χ3v) is 6.84. The van der Waals surface area contributed by atoms with Gasteiger partial charge < -0.3 is 10.1 Å². The number of anilines is 1. The minimum atomic E-state index is -0.0739. The van der Waals surface area contributed by atoms with Gasteiger partial charge in [-0.3, -0.25) is 4.79 Å². The molecule has 196 valence electrons. The largest absolute Gasteiger partial charge is 0.469 e. The molecule has 0 bridgehead atoms. The van der Waals surface area contributed by atoms with Gasteiger partial charge >= 0.3 is 5.97 Å². The predicted molar refractivity (Wildman–Crippen MR) is 153 cm³/mol. The van der Waals surface area contributed by atoms with Crippen molar-refractivity contribution in [3.05, 3.63) is 53.6 Å². The number of hydrogen-bond donors (Lipinski definition) is 1. The second-order valence-corrected chi connectivity index (χ2v) is 9.73. The number of hydrogen-bond acceptors (Lipinski definition) is 3. The minimum absolute atomic E-state index is 0. The summed E-state index contributed by atoms with van der Waals surface area (Å²) >= 11 is 0. The van der Waals surface area contributed by atoms with Crippen molar-refractivity contribution in [2.75, 3.05) is 19.0 Å². The highest BCUT2D eigenvalue weighted by molar-refractivity contribution is 5.69. The van der Waals surface area contributed by atoms with E-state index in [4.69, 9.17) is 0 Å². The molecule has 3 heteroatoms. The lowest BCUT2D eigenvalue weighted by Crippen LogP contribution is -2.01. The third-order valence-electron chi connectivity index (χ3n) is 6.84. The Hall–Kier alpha value is -2.29. The first-order valence-electron chi connectivity index (χ1n) is 13.6. The zero-order valence-corrected chi connectivity index (χ0v) is 22.0. The van der Waals surface area contributed by atoms with Gasteiger partial charge in [0.1, 0.15) is 0 Å². The number of carbonyl (C=O) groups excluding carboxylic acids is 1. The number of nitrogens with one attached hydrogen (secondary N) is 1. The number of aryl methyl sites for hydroxylation is 2. The first-order chi connectivity index (χ1) is 16.6. The smallest absolute Gasteiger partial charge is 0.305 e. The Morgan fingerprint density at radius 2 is 1.14 bits per heavy atom. The summed E-state index contributed by atoms with van der Waals surface area (Å²) in [7, 11) is 1.47. The molecule has 0 aliphatic rings. The molecule has 2 aromatic carbocycles. The molecule has 0 unspecified atom stereocenters. The molecule has 0 spiro atoms. The lowest BCUT2D eigenvalue weighted by molar-refractivity contribution is -0.140. The van der Waals surface area contributed by atoms with E-state index < -0.39 is 0 Å². The van der Waals surface area contributed by atoms with Crippen LogP contribution in [0, 0.1) is 13.8 Å². The Morgan fingerprint density at radius 1 is 0.657 bits per heavy atom. The molecule has 0 saturated heterocycles. The molecule has 0 atom stereocenters. The van der Waals surface area contributed by atoms with Crippen molar-refractivity contribution < 1.29 is 9.53 Å². The maximum Gasteiger partial charge on any atom is 0.305 e. The number of esters is 1. The zero-order chi connectivity index (χ0) is 24.4. The molecule has 0 heterocycles. The van der Waals surface area contributed by atoms with Crippen molar-refractivity contribution in [1.82, 2.24) is 0 Å². The van der Waals surface area contributed by atoms with Crippen LogP contribution in [0.15, 0.2) is 42.5 Å². The second-order valence-electron chi connectivity index (χ2n) is 9.73. The van der Waals surface area contributed by atoms with Gasteiger partial charge in [-0.15, -0.1) is 0 Å². The summed E-state index contributed by atoms with van der Waals surface area (Å²) in [4.78, 5) is 11.0. The molecule has 0 aromatic heterocycles. The molecule has 0 amide bonds. The van der Waals surface area contributed by atoms with Crippen molar-refractivity contribution >= 4 is 11.7 Å². The van der Waals surface area contributed by atoms with Gasteiger partial charge in [0.15, 0.2) is 0 Å². The highest BCUT2D eigenvalue weighted by Gasteiger charge is 2.01. The summed E-state index contributed by atoms with van der Waals surface area (Å²) in [5.74, 6) is -0.0739. The predicted octanol–water partition coefficient (Wildman–Crippen LogP) is 9.65. The Bertz CT molecular complexity index is 813. The number of unbranched alkanes of at least 4 members (excludes halogenated alkanes) is 12. The lowest BCUT2D eigenvalue weighted by Gasteiger charge is -2.09. The standard InChI is InChI=1S/C31H47NO2.CH4/c1-26-18-19-29(25-27(26)2)28-20-22-30(23-21-28)32-24-16-14-12-10-8-6-4-5-7-9-11-13-15-17-31(33)34-3;/h18-23,25,32H,4-17,24H2,1-3H3;1H4. The number of carbonyl (C=O) groups is 1. The molecule has 0 fully saturated rings. The highest BCUT2D eigenvalue weighted by Crippen LogP contribution is 2.24. The Morgan fingerprint density at radius 3 is 1.66 bits per heavy atom.